The van der Waals surface area contributed by atoms with Crippen molar-refractivity contribution in [1.82, 2.24) is 25.5 Å². The lowest BCUT2D eigenvalue weighted by Crippen LogP contribution is -2.24. The number of tetrazole rings is 1. The lowest BCUT2D eigenvalue weighted by atomic mass is 10.3. The van der Waals surface area contributed by atoms with Crippen molar-refractivity contribution in [3.63, 3.8) is 0 Å². The first-order valence-electron chi connectivity index (χ1n) is 5.54. The molecule has 0 unspecified atom stereocenters. The van der Waals surface area contributed by atoms with Crippen LogP contribution in [0, 0.1) is 5.82 Å². The highest BCUT2D eigenvalue weighted by molar-refractivity contribution is 9.10. The molecule has 2 rings (SSSR count). The number of rotatable bonds is 4. The largest absolute Gasteiger partial charge is 0.308 e. The van der Waals surface area contributed by atoms with E-state index in [1.165, 1.54) is 10.7 Å². The Labute approximate surface area is 113 Å². The molecule has 0 spiro atoms. The molecule has 0 radical (unpaired) electrons. The SMILES string of the molecule is CC(C)NCc1nnnn1-c1ccc(Br)cc1F. The third-order valence-electron chi connectivity index (χ3n) is 2.34. The van der Waals surface area contributed by atoms with E-state index in [1.807, 2.05) is 13.8 Å². The van der Waals surface area contributed by atoms with Crippen LogP contribution in [0.1, 0.15) is 19.7 Å². The van der Waals surface area contributed by atoms with Gasteiger partial charge in [-0.15, -0.1) is 5.10 Å². The quantitative estimate of drug-likeness (QED) is 0.938. The van der Waals surface area contributed by atoms with Crippen molar-refractivity contribution in [1.29, 1.82) is 0 Å². The fourth-order valence-electron chi connectivity index (χ4n) is 1.45. The van der Waals surface area contributed by atoms with Gasteiger partial charge in [-0.25, -0.2) is 4.39 Å². The van der Waals surface area contributed by atoms with Gasteiger partial charge < -0.3 is 5.32 Å². The van der Waals surface area contributed by atoms with E-state index in [2.05, 4.69) is 36.8 Å². The van der Waals surface area contributed by atoms with Crippen molar-refractivity contribution in [2.24, 2.45) is 0 Å². The molecule has 1 N–H and O–H groups in total. The molecule has 7 heteroatoms. The second-order valence-electron chi connectivity index (χ2n) is 4.14. The second-order valence-corrected chi connectivity index (χ2v) is 5.05. The summed E-state index contributed by atoms with van der Waals surface area (Å²) < 4.78 is 15.9. The smallest absolute Gasteiger partial charge is 0.170 e. The molecule has 1 heterocycles. The zero-order valence-electron chi connectivity index (χ0n) is 10.1. The minimum absolute atomic E-state index is 0.310. The second kappa shape index (κ2) is 5.53. The Morgan fingerprint density at radius 1 is 1.44 bits per heavy atom. The molecule has 0 fully saturated rings. The average molecular weight is 314 g/mol. The van der Waals surface area contributed by atoms with Crippen molar-refractivity contribution in [3.8, 4) is 5.69 Å². The van der Waals surface area contributed by atoms with E-state index >= 15 is 0 Å². The van der Waals surface area contributed by atoms with Gasteiger partial charge in [0, 0.05) is 10.5 Å². The number of benzene rings is 1. The van der Waals surface area contributed by atoms with Crippen LogP contribution in [0.3, 0.4) is 0 Å². The van der Waals surface area contributed by atoms with Crippen molar-refractivity contribution < 1.29 is 4.39 Å². The van der Waals surface area contributed by atoms with E-state index in [1.54, 1.807) is 12.1 Å². The fourth-order valence-corrected chi connectivity index (χ4v) is 1.78. The van der Waals surface area contributed by atoms with E-state index in [0.29, 0.717) is 28.6 Å². The maximum atomic E-state index is 13.8. The van der Waals surface area contributed by atoms with E-state index in [4.69, 9.17) is 0 Å². The standard InChI is InChI=1S/C11H13BrFN5/c1-7(2)14-6-11-15-16-17-18(11)10-4-3-8(12)5-9(10)13/h3-5,7,14H,6H2,1-2H3. The first-order valence-corrected chi connectivity index (χ1v) is 6.33. The van der Waals surface area contributed by atoms with Crippen LogP contribution in [0.15, 0.2) is 22.7 Å². The summed E-state index contributed by atoms with van der Waals surface area (Å²) in [6.07, 6.45) is 0. The fraction of sp³-hybridized carbons (Fsp3) is 0.364. The molecule has 0 bridgehead atoms. The molecular weight excluding hydrogens is 301 g/mol. The number of aromatic nitrogens is 4. The number of hydrogen-bond donors (Lipinski definition) is 1. The first-order chi connectivity index (χ1) is 8.58. The van der Waals surface area contributed by atoms with Gasteiger partial charge >= 0.3 is 0 Å². The Balaban J connectivity index is 2.30. The topological polar surface area (TPSA) is 55.6 Å². The van der Waals surface area contributed by atoms with E-state index in [0.717, 1.165) is 0 Å². The zero-order valence-corrected chi connectivity index (χ0v) is 11.6. The normalized spacial score (nSPS) is 11.2. The van der Waals surface area contributed by atoms with Crippen LogP contribution in [0.5, 0.6) is 0 Å². The molecular formula is C11H13BrFN5. The van der Waals surface area contributed by atoms with E-state index in [-0.39, 0.29) is 5.82 Å². The highest BCUT2D eigenvalue weighted by Gasteiger charge is 2.12. The van der Waals surface area contributed by atoms with Crippen LogP contribution in [0.4, 0.5) is 4.39 Å². The third-order valence-corrected chi connectivity index (χ3v) is 2.83. The Kier molecular flexibility index (Phi) is 4.03. The van der Waals surface area contributed by atoms with Crippen molar-refractivity contribution in [3.05, 3.63) is 34.3 Å². The number of nitrogens with one attached hydrogen (secondary N) is 1. The van der Waals surface area contributed by atoms with Crippen LogP contribution in [-0.2, 0) is 6.54 Å². The Hall–Kier alpha value is -1.34. The summed E-state index contributed by atoms with van der Waals surface area (Å²) in [7, 11) is 0. The number of nitrogens with zero attached hydrogens (tertiary/aromatic N) is 4. The maximum absolute atomic E-state index is 13.8. The maximum Gasteiger partial charge on any atom is 0.170 e. The van der Waals surface area contributed by atoms with Crippen molar-refractivity contribution >= 4 is 15.9 Å². The molecule has 96 valence electrons. The van der Waals surface area contributed by atoms with Crippen LogP contribution >= 0.6 is 15.9 Å². The predicted octanol–water partition coefficient (Wildman–Crippen LogP) is 2.06. The predicted molar refractivity (Wildman–Crippen MR) is 68.8 cm³/mol. The van der Waals surface area contributed by atoms with Gasteiger partial charge in [0.05, 0.1) is 6.54 Å². The van der Waals surface area contributed by atoms with Gasteiger partial charge in [-0.05, 0) is 28.6 Å². The molecule has 0 aliphatic rings. The molecule has 1 aromatic heterocycles. The van der Waals surface area contributed by atoms with Gasteiger partial charge in [0.15, 0.2) is 5.82 Å². The van der Waals surface area contributed by atoms with Crippen molar-refractivity contribution in [2.45, 2.75) is 26.4 Å². The van der Waals surface area contributed by atoms with Gasteiger partial charge in [0.25, 0.3) is 0 Å². The summed E-state index contributed by atoms with van der Waals surface area (Å²) in [4.78, 5) is 0. The summed E-state index contributed by atoms with van der Waals surface area (Å²) >= 11 is 3.21. The summed E-state index contributed by atoms with van der Waals surface area (Å²) in [6, 6.07) is 5.08. The highest BCUT2D eigenvalue weighted by atomic mass is 79.9. The summed E-state index contributed by atoms with van der Waals surface area (Å²) in [5, 5.41) is 14.5. The monoisotopic (exact) mass is 313 g/mol. The van der Waals surface area contributed by atoms with Gasteiger partial charge in [-0.1, -0.05) is 29.8 Å². The van der Waals surface area contributed by atoms with Gasteiger partial charge in [0.2, 0.25) is 0 Å². The average Bonchev–Trinajstić information content (AvgIpc) is 2.74. The summed E-state index contributed by atoms with van der Waals surface area (Å²) in [6.45, 7) is 4.53. The Morgan fingerprint density at radius 2 is 2.22 bits per heavy atom. The van der Waals surface area contributed by atoms with Crippen molar-refractivity contribution in [2.75, 3.05) is 0 Å². The van der Waals surface area contributed by atoms with Gasteiger partial charge in [0.1, 0.15) is 11.5 Å². The third kappa shape index (κ3) is 2.91. The lowest BCUT2D eigenvalue weighted by molar-refractivity contribution is 0.554. The molecule has 18 heavy (non-hydrogen) atoms. The number of halogens is 2. The van der Waals surface area contributed by atoms with Gasteiger partial charge in [-0.2, -0.15) is 4.68 Å². The molecule has 0 atom stereocenters. The van der Waals surface area contributed by atoms with E-state index in [9.17, 15) is 4.39 Å². The van der Waals surface area contributed by atoms with Crippen LogP contribution in [-0.4, -0.2) is 26.2 Å². The Bertz CT molecular complexity index is 540. The summed E-state index contributed by atoms with van der Waals surface area (Å²) in [5.41, 5.74) is 0.337. The van der Waals surface area contributed by atoms with Crippen LogP contribution < -0.4 is 5.32 Å². The van der Waals surface area contributed by atoms with Gasteiger partial charge in [-0.3, -0.25) is 0 Å². The number of hydrogen-bond acceptors (Lipinski definition) is 4. The molecule has 1 aromatic carbocycles. The Morgan fingerprint density at radius 3 is 2.89 bits per heavy atom. The summed E-state index contributed by atoms with van der Waals surface area (Å²) in [5.74, 6) is 0.201. The molecule has 5 nitrogen and oxygen atoms in total. The minimum atomic E-state index is -0.373. The first kappa shape index (κ1) is 13.1. The zero-order chi connectivity index (χ0) is 13.1. The molecule has 0 saturated carbocycles. The highest BCUT2D eigenvalue weighted by Crippen LogP contribution is 2.18. The molecule has 0 saturated heterocycles. The van der Waals surface area contributed by atoms with Crippen LogP contribution in [0.2, 0.25) is 0 Å². The molecule has 0 aliphatic heterocycles. The molecule has 2 aromatic rings. The molecule has 0 amide bonds. The minimum Gasteiger partial charge on any atom is -0.308 e. The molecule has 0 aliphatic carbocycles. The van der Waals surface area contributed by atoms with E-state index < -0.39 is 0 Å². The lowest BCUT2D eigenvalue weighted by Gasteiger charge is -2.09. The van der Waals surface area contributed by atoms with Crippen LogP contribution in [0.25, 0.3) is 5.69 Å².